The molecule has 4 heteroatoms. The number of phenolic OH excluding ortho intramolecular Hbond substituents is 1. The lowest BCUT2D eigenvalue weighted by Crippen LogP contribution is -2.28. The first kappa shape index (κ1) is 12.3. The first-order chi connectivity index (χ1) is 9.16. The lowest BCUT2D eigenvalue weighted by atomic mass is 10.0. The molecule has 3 rings (SSSR count). The molecule has 98 valence electrons. The molecule has 1 fully saturated rings. The number of aromatic hydroxyl groups is 1. The Balaban J connectivity index is 2.01. The Bertz CT molecular complexity index is 641. The topological polar surface area (TPSA) is 40.5 Å². The molecule has 0 radical (unpaired) electrons. The molecule has 1 aliphatic heterocycles. The molecule has 3 nitrogen and oxygen atoms in total. The van der Waals surface area contributed by atoms with Crippen LogP contribution in [0.25, 0.3) is 10.8 Å². The minimum Gasteiger partial charge on any atom is -0.506 e. The van der Waals surface area contributed by atoms with Gasteiger partial charge in [-0.15, -0.1) is 11.6 Å². The van der Waals surface area contributed by atoms with Crippen LogP contribution < -0.4 is 0 Å². The smallest absolute Gasteiger partial charge is 0.257 e. The number of hydrogen-bond donors (Lipinski definition) is 1. The van der Waals surface area contributed by atoms with Crippen molar-refractivity contribution in [3.8, 4) is 5.75 Å². The van der Waals surface area contributed by atoms with E-state index in [0.29, 0.717) is 24.0 Å². The molecule has 1 atom stereocenters. The molecule has 19 heavy (non-hydrogen) atoms. The summed E-state index contributed by atoms with van der Waals surface area (Å²) in [6, 6.07) is 11.0. The van der Waals surface area contributed by atoms with Crippen LogP contribution in [0.3, 0.4) is 0 Å². The molecule has 1 amide bonds. The van der Waals surface area contributed by atoms with Gasteiger partial charge in [-0.3, -0.25) is 4.79 Å². The van der Waals surface area contributed by atoms with Crippen LogP contribution in [0.2, 0.25) is 0 Å². The zero-order valence-electron chi connectivity index (χ0n) is 10.3. The van der Waals surface area contributed by atoms with Crippen molar-refractivity contribution in [3.05, 3.63) is 42.0 Å². The zero-order chi connectivity index (χ0) is 13.4. The molecule has 1 unspecified atom stereocenters. The van der Waals surface area contributed by atoms with Crippen molar-refractivity contribution < 1.29 is 9.90 Å². The van der Waals surface area contributed by atoms with E-state index in [9.17, 15) is 9.90 Å². The number of likely N-dealkylation sites (tertiary alicyclic amines) is 1. The van der Waals surface area contributed by atoms with E-state index in [-0.39, 0.29) is 17.0 Å². The Hall–Kier alpha value is -1.74. The number of rotatable bonds is 1. The fourth-order valence-electron chi connectivity index (χ4n) is 2.50. The number of fused-ring (bicyclic) bond motifs is 1. The highest BCUT2D eigenvalue weighted by Crippen LogP contribution is 2.30. The van der Waals surface area contributed by atoms with E-state index in [1.807, 2.05) is 30.3 Å². The Kier molecular flexibility index (Phi) is 3.07. The van der Waals surface area contributed by atoms with Crippen LogP contribution in [-0.2, 0) is 0 Å². The van der Waals surface area contributed by atoms with Crippen molar-refractivity contribution in [1.82, 2.24) is 4.90 Å². The minimum absolute atomic E-state index is 0.0200. The van der Waals surface area contributed by atoms with E-state index < -0.39 is 0 Å². The molecule has 0 spiro atoms. The number of alkyl halides is 1. The fraction of sp³-hybridized carbons (Fsp3) is 0.267. The monoisotopic (exact) mass is 275 g/mol. The van der Waals surface area contributed by atoms with E-state index in [4.69, 9.17) is 11.6 Å². The van der Waals surface area contributed by atoms with Gasteiger partial charge in [0.15, 0.2) is 0 Å². The maximum Gasteiger partial charge on any atom is 0.257 e. The summed E-state index contributed by atoms with van der Waals surface area (Å²) in [7, 11) is 0. The number of benzene rings is 2. The van der Waals surface area contributed by atoms with Gasteiger partial charge in [-0.05, 0) is 17.9 Å². The number of phenols is 1. The molecule has 1 N–H and O–H groups in total. The third-order valence-corrected chi connectivity index (χ3v) is 3.91. The average Bonchev–Trinajstić information content (AvgIpc) is 2.85. The summed E-state index contributed by atoms with van der Waals surface area (Å²) >= 11 is 6.02. The third-order valence-electron chi connectivity index (χ3n) is 3.55. The second kappa shape index (κ2) is 4.74. The highest BCUT2D eigenvalue weighted by molar-refractivity contribution is 6.21. The number of carbonyl (C=O) groups excluding carboxylic acids is 1. The summed E-state index contributed by atoms with van der Waals surface area (Å²) in [4.78, 5) is 14.1. The minimum atomic E-state index is -0.147. The third kappa shape index (κ3) is 2.15. The van der Waals surface area contributed by atoms with Gasteiger partial charge >= 0.3 is 0 Å². The van der Waals surface area contributed by atoms with Gasteiger partial charge in [-0.1, -0.05) is 30.3 Å². The molecule has 1 saturated heterocycles. The van der Waals surface area contributed by atoms with Crippen LogP contribution in [0.1, 0.15) is 16.8 Å². The predicted molar refractivity (Wildman–Crippen MR) is 75.8 cm³/mol. The van der Waals surface area contributed by atoms with Crippen LogP contribution in [0.15, 0.2) is 36.4 Å². The second-order valence-electron chi connectivity index (χ2n) is 4.82. The normalized spacial score (nSPS) is 19.0. The van der Waals surface area contributed by atoms with E-state index in [0.717, 1.165) is 11.8 Å². The lowest BCUT2D eigenvalue weighted by molar-refractivity contribution is 0.0790. The van der Waals surface area contributed by atoms with E-state index in [2.05, 4.69) is 0 Å². The standard InChI is InChI=1S/C15H14ClNO2/c16-11-7-8-17(9-11)15(19)13-6-5-10-3-1-2-4-12(10)14(13)18/h1-6,11,18H,7-9H2. The molecule has 1 heterocycles. The van der Waals surface area contributed by atoms with Crippen molar-refractivity contribution in [2.45, 2.75) is 11.8 Å². The maximum atomic E-state index is 12.4. The highest BCUT2D eigenvalue weighted by Gasteiger charge is 2.27. The lowest BCUT2D eigenvalue weighted by Gasteiger charge is -2.17. The van der Waals surface area contributed by atoms with Crippen molar-refractivity contribution in [3.63, 3.8) is 0 Å². The van der Waals surface area contributed by atoms with Gasteiger partial charge in [-0.25, -0.2) is 0 Å². The highest BCUT2D eigenvalue weighted by atomic mass is 35.5. The number of amides is 1. The van der Waals surface area contributed by atoms with Crippen molar-refractivity contribution >= 4 is 28.3 Å². The van der Waals surface area contributed by atoms with Crippen LogP contribution in [0.5, 0.6) is 5.75 Å². The Labute approximate surface area is 116 Å². The van der Waals surface area contributed by atoms with Gasteiger partial charge < -0.3 is 10.0 Å². The molecule has 1 aliphatic rings. The molecule has 2 aromatic carbocycles. The molecule has 0 aliphatic carbocycles. The summed E-state index contributed by atoms with van der Waals surface area (Å²) in [6.07, 6.45) is 0.807. The van der Waals surface area contributed by atoms with E-state index >= 15 is 0 Å². The molecular weight excluding hydrogens is 262 g/mol. The zero-order valence-corrected chi connectivity index (χ0v) is 11.1. The summed E-state index contributed by atoms with van der Waals surface area (Å²) in [5.41, 5.74) is 0.351. The Morgan fingerprint density at radius 2 is 2.05 bits per heavy atom. The van der Waals surface area contributed by atoms with Gasteiger partial charge in [-0.2, -0.15) is 0 Å². The quantitative estimate of drug-likeness (QED) is 0.813. The second-order valence-corrected chi connectivity index (χ2v) is 5.44. The van der Waals surface area contributed by atoms with Crippen LogP contribution in [0, 0.1) is 0 Å². The van der Waals surface area contributed by atoms with E-state index in [1.165, 1.54) is 0 Å². The number of hydrogen-bond acceptors (Lipinski definition) is 2. The summed E-state index contributed by atoms with van der Waals surface area (Å²) in [5, 5.41) is 11.9. The molecule has 0 bridgehead atoms. The van der Waals surface area contributed by atoms with Crippen molar-refractivity contribution in [2.75, 3.05) is 13.1 Å². The first-order valence-electron chi connectivity index (χ1n) is 6.31. The summed E-state index contributed by atoms with van der Waals surface area (Å²) in [5.74, 6) is -0.0903. The van der Waals surface area contributed by atoms with Crippen LogP contribution >= 0.6 is 11.6 Å². The SMILES string of the molecule is O=C(c1ccc2ccccc2c1O)N1CCC(Cl)C1. The molecule has 2 aromatic rings. The van der Waals surface area contributed by atoms with Gasteiger partial charge in [0, 0.05) is 18.5 Å². The Morgan fingerprint density at radius 1 is 1.26 bits per heavy atom. The van der Waals surface area contributed by atoms with Gasteiger partial charge in [0.05, 0.1) is 10.9 Å². The van der Waals surface area contributed by atoms with Gasteiger partial charge in [0.1, 0.15) is 5.75 Å². The fourth-order valence-corrected chi connectivity index (χ4v) is 2.76. The Morgan fingerprint density at radius 3 is 2.79 bits per heavy atom. The largest absolute Gasteiger partial charge is 0.506 e. The average molecular weight is 276 g/mol. The predicted octanol–water partition coefficient (Wildman–Crippen LogP) is 3.00. The number of halogens is 1. The first-order valence-corrected chi connectivity index (χ1v) is 6.74. The van der Waals surface area contributed by atoms with Crippen molar-refractivity contribution in [1.29, 1.82) is 0 Å². The molecular formula is C15H14ClNO2. The number of nitrogens with zero attached hydrogens (tertiary/aromatic N) is 1. The summed E-state index contributed by atoms with van der Waals surface area (Å²) in [6.45, 7) is 1.20. The number of carbonyl (C=O) groups is 1. The maximum absolute atomic E-state index is 12.4. The molecule has 0 aromatic heterocycles. The van der Waals surface area contributed by atoms with Gasteiger partial charge in [0.2, 0.25) is 0 Å². The summed E-state index contributed by atoms with van der Waals surface area (Å²) < 4.78 is 0. The van der Waals surface area contributed by atoms with Crippen LogP contribution in [0.4, 0.5) is 0 Å². The van der Waals surface area contributed by atoms with Crippen LogP contribution in [-0.4, -0.2) is 34.4 Å². The van der Waals surface area contributed by atoms with E-state index in [1.54, 1.807) is 11.0 Å². The molecule has 0 saturated carbocycles. The van der Waals surface area contributed by atoms with Gasteiger partial charge in [0.25, 0.3) is 5.91 Å². The van der Waals surface area contributed by atoms with Crippen molar-refractivity contribution in [2.24, 2.45) is 0 Å².